The molecule has 0 aliphatic heterocycles. The van der Waals surface area contributed by atoms with Crippen LogP contribution in [0.3, 0.4) is 0 Å². The number of rotatable bonds is 7. The van der Waals surface area contributed by atoms with Gasteiger partial charge in [0.05, 0.1) is 31.4 Å². The van der Waals surface area contributed by atoms with E-state index in [-0.39, 0.29) is 23.6 Å². The highest BCUT2D eigenvalue weighted by Gasteiger charge is 2.20. The lowest BCUT2D eigenvalue weighted by Crippen LogP contribution is -2.26. The second kappa shape index (κ2) is 8.59. The van der Waals surface area contributed by atoms with E-state index >= 15 is 0 Å². The maximum atomic E-state index is 12.7. The first kappa shape index (κ1) is 18.9. The molecule has 7 heteroatoms. The van der Waals surface area contributed by atoms with Crippen molar-refractivity contribution in [1.29, 1.82) is 0 Å². The number of carbonyl (C=O) groups excluding carboxylic acids is 1. The standard InChI is InChI=1S/C17H20INO5/c1-4-24-17(21)14-8-19(12(9-22-2)10-23-3)15-6-5-11(18)7-13(15)16(14)20/h5-8,12H,4,9-10H2,1-3H3. The van der Waals surface area contributed by atoms with E-state index < -0.39 is 5.97 Å². The Labute approximate surface area is 153 Å². The van der Waals surface area contributed by atoms with E-state index in [9.17, 15) is 9.59 Å². The normalized spacial score (nSPS) is 11.2. The van der Waals surface area contributed by atoms with Crippen molar-refractivity contribution in [3.05, 3.63) is 43.8 Å². The van der Waals surface area contributed by atoms with Gasteiger partial charge in [0.2, 0.25) is 5.43 Å². The Morgan fingerprint density at radius 1 is 1.25 bits per heavy atom. The number of hydrogen-bond donors (Lipinski definition) is 0. The Kier molecular flexibility index (Phi) is 6.76. The van der Waals surface area contributed by atoms with E-state index in [0.717, 1.165) is 9.09 Å². The van der Waals surface area contributed by atoms with Gasteiger partial charge in [0, 0.05) is 29.4 Å². The molecular formula is C17H20INO5. The second-order valence-corrected chi connectivity index (χ2v) is 6.47. The van der Waals surface area contributed by atoms with Gasteiger partial charge in [0.1, 0.15) is 5.56 Å². The number of hydrogen-bond acceptors (Lipinski definition) is 5. The first-order chi connectivity index (χ1) is 11.5. The summed E-state index contributed by atoms with van der Waals surface area (Å²) >= 11 is 2.14. The topological polar surface area (TPSA) is 66.8 Å². The van der Waals surface area contributed by atoms with E-state index in [4.69, 9.17) is 14.2 Å². The fraction of sp³-hybridized carbons (Fsp3) is 0.412. The molecule has 0 spiro atoms. The van der Waals surface area contributed by atoms with Gasteiger partial charge >= 0.3 is 5.97 Å². The van der Waals surface area contributed by atoms with E-state index in [1.807, 2.05) is 16.7 Å². The third-order valence-corrected chi connectivity index (χ3v) is 4.27. The first-order valence-electron chi connectivity index (χ1n) is 7.52. The number of nitrogens with zero attached hydrogens (tertiary/aromatic N) is 1. The Morgan fingerprint density at radius 3 is 2.50 bits per heavy atom. The maximum absolute atomic E-state index is 12.7. The summed E-state index contributed by atoms with van der Waals surface area (Å²) in [5.74, 6) is -0.620. The second-order valence-electron chi connectivity index (χ2n) is 5.23. The molecule has 0 unspecified atom stereocenters. The third-order valence-electron chi connectivity index (χ3n) is 3.60. The summed E-state index contributed by atoms with van der Waals surface area (Å²) in [6, 6.07) is 5.38. The number of fused-ring (bicyclic) bond motifs is 1. The largest absolute Gasteiger partial charge is 0.462 e. The molecule has 0 fully saturated rings. The molecule has 0 N–H and O–H groups in total. The van der Waals surface area contributed by atoms with Crippen LogP contribution < -0.4 is 5.43 Å². The van der Waals surface area contributed by atoms with Crippen LogP contribution >= 0.6 is 22.6 Å². The van der Waals surface area contributed by atoms with Crippen LogP contribution in [-0.4, -0.2) is 44.6 Å². The number of esters is 1. The van der Waals surface area contributed by atoms with E-state index in [1.165, 1.54) is 6.20 Å². The van der Waals surface area contributed by atoms with Crippen LogP contribution in [-0.2, 0) is 14.2 Å². The molecule has 2 rings (SSSR count). The molecule has 0 saturated heterocycles. The van der Waals surface area contributed by atoms with Crippen LogP contribution in [0.4, 0.5) is 0 Å². The number of aromatic nitrogens is 1. The number of carbonyl (C=O) groups is 1. The summed E-state index contributed by atoms with van der Waals surface area (Å²) in [6.07, 6.45) is 1.54. The van der Waals surface area contributed by atoms with Crippen molar-refractivity contribution >= 4 is 39.5 Å². The molecule has 0 radical (unpaired) electrons. The third kappa shape index (κ3) is 3.96. The lowest BCUT2D eigenvalue weighted by atomic mass is 10.1. The highest BCUT2D eigenvalue weighted by molar-refractivity contribution is 14.1. The lowest BCUT2D eigenvalue weighted by molar-refractivity contribution is 0.0522. The molecule has 2 aromatic rings. The van der Waals surface area contributed by atoms with Crippen molar-refractivity contribution in [3.63, 3.8) is 0 Å². The Balaban J connectivity index is 2.74. The molecule has 130 valence electrons. The van der Waals surface area contributed by atoms with E-state index in [2.05, 4.69) is 22.6 Å². The zero-order valence-electron chi connectivity index (χ0n) is 13.9. The lowest BCUT2D eigenvalue weighted by Gasteiger charge is -2.22. The molecule has 24 heavy (non-hydrogen) atoms. The van der Waals surface area contributed by atoms with Crippen molar-refractivity contribution in [1.82, 2.24) is 4.57 Å². The van der Waals surface area contributed by atoms with Gasteiger partial charge < -0.3 is 18.8 Å². The molecule has 1 heterocycles. The quantitative estimate of drug-likeness (QED) is 0.485. The van der Waals surface area contributed by atoms with Crippen molar-refractivity contribution in [2.24, 2.45) is 0 Å². The molecule has 1 aromatic heterocycles. The van der Waals surface area contributed by atoms with Gasteiger partial charge in [-0.1, -0.05) is 0 Å². The molecule has 0 aliphatic carbocycles. The molecule has 0 bridgehead atoms. The molecule has 1 aromatic carbocycles. The number of pyridine rings is 1. The van der Waals surface area contributed by atoms with Crippen molar-refractivity contribution in [2.45, 2.75) is 13.0 Å². The number of benzene rings is 1. The Bertz CT molecular complexity index is 780. The van der Waals surface area contributed by atoms with Gasteiger partial charge in [-0.05, 0) is 47.7 Å². The molecule has 0 saturated carbocycles. The summed E-state index contributed by atoms with van der Waals surface area (Å²) in [5, 5.41) is 0.477. The minimum Gasteiger partial charge on any atom is -0.462 e. The van der Waals surface area contributed by atoms with E-state index in [0.29, 0.717) is 18.6 Å². The monoisotopic (exact) mass is 445 g/mol. The van der Waals surface area contributed by atoms with Gasteiger partial charge in [0.15, 0.2) is 0 Å². The maximum Gasteiger partial charge on any atom is 0.343 e. The highest BCUT2D eigenvalue weighted by Crippen LogP contribution is 2.20. The van der Waals surface area contributed by atoms with E-state index in [1.54, 1.807) is 27.2 Å². The average Bonchev–Trinajstić information content (AvgIpc) is 2.55. The van der Waals surface area contributed by atoms with Crippen molar-refractivity contribution < 1.29 is 19.0 Å². The fourth-order valence-corrected chi connectivity index (χ4v) is 3.07. The molecule has 0 aliphatic rings. The molecule has 0 amide bonds. The fourth-order valence-electron chi connectivity index (χ4n) is 2.58. The van der Waals surface area contributed by atoms with Crippen LogP contribution in [0.2, 0.25) is 0 Å². The molecule has 6 nitrogen and oxygen atoms in total. The first-order valence-corrected chi connectivity index (χ1v) is 8.60. The van der Waals surface area contributed by atoms with Crippen molar-refractivity contribution in [2.75, 3.05) is 34.0 Å². The summed E-state index contributed by atoms with van der Waals surface area (Å²) < 4.78 is 18.3. The van der Waals surface area contributed by atoms with Gasteiger partial charge in [-0.15, -0.1) is 0 Å². The van der Waals surface area contributed by atoms with Crippen molar-refractivity contribution in [3.8, 4) is 0 Å². The zero-order chi connectivity index (χ0) is 17.7. The minimum atomic E-state index is -0.620. The Morgan fingerprint density at radius 2 is 1.92 bits per heavy atom. The van der Waals surface area contributed by atoms with Gasteiger partial charge in [-0.2, -0.15) is 0 Å². The average molecular weight is 445 g/mol. The van der Waals surface area contributed by atoms with Gasteiger partial charge in [-0.25, -0.2) is 4.79 Å². The molecular weight excluding hydrogens is 425 g/mol. The zero-order valence-corrected chi connectivity index (χ0v) is 16.0. The Hall–Kier alpha value is -1.45. The van der Waals surface area contributed by atoms with Gasteiger partial charge in [0.25, 0.3) is 0 Å². The van der Waals surface area contributed by atoms with Crippen LogP contribution in [0.25, 0.3) is 10.9 Å². The summed E-state index contributed by atoms with van der Waals surface area (Å²) in [4.78, 5) is 24.9. The summed E-state index contributed by atoms with van der Waals surface area (Å²) in [7, 11) is 3.20. The predicted molar refractivity (Wildman–Crippen MR) is 99.7 cm³/mol. The number of ether oxygens (including phenoxy) is 3. The van der Waals surface area contributed by atoms with Crippen LogP contribution in [0, 0.1) is 3.57 Å². The van der Waals surface area contributed by atoms with Gasteiger partial charge in [-0.3, -0.25) is 4.79 Å². The minimum absolute atomic E-state index is 0.0172. The van der Waals surface area contributed by atoms with Crippen LogP contribution in [0.15, 0.2) is 29.2 Å². The number of methoxy groups -OCH3 is 2. The predicted octanol–water partition coefficient (Wildman–Crippen LogP) is 2.62. The SMILES string of the molecule is CCOC(=O)c1cn(C(COC)COC)c2ccc(I)cc2c1=O. The summed E-state index contributed by atoms with van der Waals surface area (Å²) in [6.45, 7) is 2.70. The summed E-state index contributed by atoms with van der Waals surface area (Å²) in [5.41, 5.74) is 0.419. The van der Waals surface area contributed by atoms with Crippen LogP contribution in [0.1, 0.15) is 23.3 Å². The van der Waals surface area contributed by atoms with Crippen LogP contribution in [0.5, 0.6) is 0 Å². The smallest absolute Gasteiger partial charge is 0.343 e. The molecule has 0 atom stereocenters. The highest BCUT2D eigenvalue weighted by atomic mass is 127. The number of halogens is 1.